The topological polar surface area (TPSA) is 52.6 Å². The number of allylic oxidation sites excluding steroid dienone is 1. The third-order valence-corrected chi connectivity index (χ3v) is 3.27. The van der Waals surface area contributed by atoms with Crippen LogP contribution < -0.4 is 0 Å². The summed E-state index contributed by atoms with van der Waals surface area (Å²) >= 11 is 3.33. The van der Waals surface area contributed by atoms with Gasteiger partial charge in [0.15, 0.2) is 0 Å². The Morgan fingerprint density at radius 1 is 1.05 bits per heavy atom. The van der Waals surface area contributed by atoms with Crippen LogP contribution in [0.2, 0.25) is 0 Å². The van der Waals surface area contributed by atoms with Crippen molar-refractivity contribution in [2.45, 2.75) is 26.6 Å². The first-order valence-corrected chi connectivity index (χ1v) is 6.53. The number of hydrogen-bond donors (Lipinski definition) is 0. The molecule has 4 nitrogen and oxygen atoms in total. The molecule has 0 N–H and O–H groups in total. The summed E-state index contributed by atoms with van der Waals surface area (Å²) in [4.78, 5) is 23.8. The van der Waals surface area contributed by atoms with Crippen molar-refractivity contribution in [3.63, 3.8) is 0 Å². The molecule has 0 bridgehead atoms. The third kappa shape index (κ3) is 2.87. The number of carbonyl (C=O) groups excluding carboxylic acids is 2. The summed E-state index contributed by atoms with van der Waals surface area (Å²) in [6.07, 6.45) is 0. The van der Waals surface area contributed by atoms with Gasteiger partial charge in [0, 0.05) is 18.3 Å². The van der Waals surface area contributed by atoms with Crippen LogP contribution in [0.15, 0.2) is 34.3 Å². The number of carbonyl (C=O) groups is 2. The Balaban J connectivity index is 2.43. The fraction of sp³-hybridized carbons (Fsp3) is 0.286. The van der Waals surface area contributed by atoms with Gasteiger partial charge in [-0.15, -0.1) is 0 Å². The lowest BCUT2D eigenvalue weighted by atomic mass is 10.0. The first-order chi connectivity index (χ1) is 8.80. The zero-order valence-electron chi connectivity index (χ0n) is 10.8. The highest BCUT2D eigenvalue weighted by Gasteiger charge is 2.40. The van der Waals surface area contributed by atoms with E-state index in [4.69, 9.17) is 9.47 Å². The van der Waals surface area contributed by atoms with E-state index in [-0.39, 0.29) is 5.57 Å². The first kappa shape index (κ1) is 13.8. The quantitative estimate of drug-likeness (QED) is 0.452. The van der Waals surface area contributed by atoms with Gasteiger partial charge in [-0.05, 0) is 30.2 Å². The molecule has 19 heavy (non-hydrogen) atoms. The average molecular weight is 325 g/mol. The predicted molar refractivity (Wildman–Crippen MR) is 73.0 cm³/mol. The predicted octanol–water partition coefficient (Wildman–Crippen LogP) is 3.06. The first-order valence-electron chi connectivity index (χ1n) is 5.74. The van der Waals surface area contributed by atoms with Crippen molar-refractivity contribution < 1.29 is 19.1 Å². The molecule has 0 aliphatic carbocycles. The molecule has 2 rings (SSSR count). The van der Waals surface area contributed by atoms with Crippen molar-refractivity contribution in [2.75, 3.05) is 0 Å². The van der Waals surface area contributed by atoms with Crippen LogP contribution in [0, 0.1) is 0 Å². The summed E-state index contributed by atoms with van der Waals surface area (Å²) < 4.78 is 11.1. The number of hydrogen-bond acceptors (Lipinski definition) is 4. The highest BCUT2D eigenvalue weighted by atomic mass is 79.9. The minimum atomic E-state index is -1.21. The number of cyclic esters (lactones) is 2. The minimum Gasteiger partial charge on any atom is -0.419 e. The molecule has 1 fully saturated rings. The highest BCUT2D eigenvalue weighted by molar-refractivity contribution is 9.10. The summed E-state index contributed by atoms with van der Waals surface area (Å²) in [5.74, 6) is -2.51. The van der Waals surface area contributed by atoms with E-state index in [1.807, 2.05) is 24.3 Å². The van der Waals surface area contributed by atoms with Crippen molar-refractivity contribution in [3.8, 4) is 0 Å². The monoisotopic (exact) mass is 324 g/mol. The fourth-order valence-corrected chi connectivity index (χ4v) is 2.07. The molecule has 1 saturated heterocycles. The van der Waals surface area contributed by atoms with Crippen molar-refractivity contribution in [2.24, 2.45) is 0 Å². The number of ether oxygens (including phenoxy) is 2. The molecule has 1 heterocycles. The molecule has 0 atom stereocenters. The Hall–Kier alpha value is -1.62. The Morgan fingerprint density at radius 3 is 2.00 bits per heavy atom. The van der Waals surface area contributed by atoms with E-state index in [1.165, 1.54) is 13.8 Å². The molecule has 0 unspecified atom stereocenters. The second-order valence-corrected chi connectivity index (χ2v) is 5.60. The van der Waals surface area contributed by atoms with E-state index in [0.29, 0.717) is 5.57 Å². The Morgan fingerprint density at radius 2 is 1.53 bits per heavy atom. The van der Waals surface area contributed by atoms with Crippen molar-refractivity contribution in [3.05, 3.63) is 39.9 Å². The van der Waals surface area contributed by atoms with Crippen molar-refractivity contribution in [1.82, 2.24) is 0 Å². The third-order valence-electron chi connectivity index (χ3n) is 2.74. The fourth-order valence-electron chi connectivity index (χ4n) is 1.80. The lowest BCUT2D eigenvalue weighted by Crippen LogP contribution is -2.42. The molecule has 100 valence electrons. The smallest absolute Gasteiger partial charge is 0.349 e. The van der Waals surface area contributed by atoms with E-state index < -0.39 is 17.7 Å². The van der Waals surface area contributed by atoms with Gasteiger partial charge < -0.3 is 9.47 Å². The van der Waals surface area contributed by atoms with Crippen LogP contribution in [0.4, 0.5) is 0 Å². The van der Waals surface area contributed by atoms with Crippen molar-refractivity contribution in [1.29, 1.82) is 0 Å². The second kappa shape index (κ2) is 4.81. The molecule has 1 aliphatic rings. The number of rotatable bonds is 1. The standard InChI is InChI=1S/C14H13BrO4/c1-8(9-4-6-10(15)7-5-9)11-12(16)18-14(2,3)19-13(11)17/h4-7H,1-3H3. The SMILES string of the molecule is CC(=C1C(=O)OC(C)(C)OC1=O)c1ccc(Br)cc1. The lowest BCUT2D eigenvalue weighted by molar-refractivity contribution is -0.222. The summed E-state index contributed by atoms with van der Waals surface area (Å²) in [6, 6.07) is 7.30. The van der Waals surface area contributed by atoms with E-state index >= 15 is 0 Å². The molecule has 0 amide bonds. The van der Waals surface area contributed by atoms with Gasteiger partial charge in [0.1, 0.15) is 5.57 Å². The Bertz CT molecular complexity index is 548. The van der Waals surface area contributed by atoms with Crippen LogP contribution in [-0.2, 0) is 19.1 Å². The number of benzene rings is 1. The summed E-state index contributed by atoms with van der Waals surface area (Å²) in [5.41, 5.74) is 1.26. The molecule has 1 aromatic rings. The second-order valence-electron chi connectivity index (χ2n) is 4.69. The lowest BCUT2D eigenvalue weighted by Gasteiger charge is -2.30. The largest absolute Gasteiger partial charge is 0.419 e. The summed E-state index contributed by atoms with van der Waals surface area (Å²) in [7, 11) is 0. The van der Waals surface area contributed by atoms with Gasteiger partial charge in [0.05, 0.1) is 0 Å². The summed E-state index contributed by atoms with van der Waals surface area (Å²) in [5, 5.41) is 0. The molecule has 5 heteroatoms. The molecular formula is C14H13BrO4. The highest BCUT2D eigenvalue weighted by Crippen LogP contribution is 2.28. The van der Waals surface area contributed by atoms with Crippen molar-refractivity contribution >= 4 is 33.4 Å². The minimum absolute atomic E-state index is 0.0540. The normalized spacial score (nSPS) is 17.8. The van der Waals surface area contributed by atoms with E-state index in [1.54, 1.807) is 6.92 Å². The van der Waals surface area contributed by atoms with Crippen LogP contribution in [-0.4, -0.2) is 17.7 Å². The average Bonchev–Trinajstić information content (AvgIpc) is 2.26. The zero-order chi connectivity index (χ0) is 14.2. The molecule has 1 aromatic carbocycles. The van der Waals surface area contributed by atoms with E-state index in [0.717, 1.165) is 10.0 Å². The van der Waals surface area contributed by atoms with E-state index in [9.17, 15) is 9.59 Å². The number of halogens is 1. The van der Waals surface area contributed by atoms with Gasteiger partial charge in [-0.25, -0.2) is 9.59 Å². The van der Waals surface area contributed by atoms with Gasteiger partial charge >= 0.3 is 11.9 Å². The molecular weight excluding hydrogens is 312 g/mol. The number of esters is 2. The van der Waals surface area contributed by atoms with E-state index in [2.05, 4.69) is 15.9 Å². The molecule has 1 aliphatic heterocycles. The van der Waals surface area contributed by atoms with Crippen LogP contribution in [0.5, 0.6) is 0 Å². The van der Waals surface area contributed by atoms with Crippen LogP contribution in [0.3, 0.4) is 0 Å². The van der Waals surface area contributed by atoms with Gasteiger partial charge in [0.2, 0.25) is 0 Å². The van der Waals surface area contributed by atoms with Gasteiger partial charge in [-0.1, -0.05) is 28.1 Å². The van der Waals surface area contributed by atoms with Crippen LogP contribution in [0.1, 0.15) is 26.3 Å². The van der Waals surface area contributed by atoms with Crippen LogP contribution in [0.25, 0.3) is 5.57 Å². The maximum Gasteiger partial charge on any atom is 0.349 e. The Kier molecular flexibility index (Phi) is 3.49. The maximum atomic E-state index is 11.9. The maximum absolute atomic E-state index is 11.9. The molecule has 0 spiro atoms. The zero-order valence-corrected chi connectivity index (χ0v) is 12.4. The van der Waals surface area contributed by atoms with Crippen LogP contribution >= 0.6 is 15.9 Å². The molecule has 0 aromatic heterocycles. The molecule has 0 radical (unpaired) electrons. The Labute approximate surface area is 119 Å². The molecule has 0 saturated carbocycles. The van der Waals surface area contributed by atoms with Gasteiger partial charge in [-0.2, -0.15) is 0 Å². The van der Waals surface area contributed by atoms with Gasteiger partial charge in [-0.3, -0.25) is 0 Å². The summed E-state index contributed by atoms with van der Waals surface area (Å²) in [6.45, 7) is 4.74. The van der Waals surface area contributed by atoms with Gasteiger partial charge in [0.25, 0.3) is 5.79 Å².